The van der Waals surface area contributed by atoms with Crippen LogP contribution < -0.4 is 0 Å². The molecule has 1 amide bonds. The van der Waals surface area contributed by atoms with Crippen molar-refractivity contribution in [3.05, 3.63) is 0 Å². The van der Waals surface area contributed by atoms with E-state index >= 15 is 0 Å². The molecule has 0 radical (unpaired) electrons. The molecule has 2 aliphatic heterocycles. The summed E-state index contributed by atoms with van der Waals surface area (Å²) in [6.07, 6.45) is 1.67. The third kappa shape index (κ3) is 4.43. The van der Waals surface area contributed by atoms with Gasteiger partial charge in [0.05, 0.1) is 6.67 Å². The highest BCUT2D eigenvalue weighted by molar-refractivity contribution is 5.76. The maximum atomic E-state index is 11.9. The Kier molecular flexibility index (Phi) is 6.26. The zero-order valence-corrected chi connectivity index (χ0v) is 13.2. The van der Waals surface area contributed by atoms with Crippen molar-refractivity contribution in [1.29, 1.82) is 0 Å². The Balaban J connectivity index is 1.66. The molecule has 0 aliphatic carbocycles. The van der Waals surface area contributed by atoms with Gasteiger partial charge in [0, 0.05) is 58.8 Å². The molecule has 5 nitrogen and oxygen atoms in total. The summed E-state index contributed by atoms with van der Waals surface area (Å²) < 4.78 is 0. The van der Waals surface area contributed by atoms with Crippen LogP contribution in [0.4, 0.5) is 0 Å². The Morgan fingerprint density at radius 3 is 1.80 bits per heavy atom. The molecule has 0 spiro atoms. The molecule has 2 aliphatic rings. The van der Waals surface area contributed by atoms with Gasteiger partial charge in [0.1, 0.15) is 0 Å². The summed E-state index contributed by atoms with van der Waals surface area (Å²) in [6, 6.07) is 0. The summed E-state index contributed by atoms with van der Waals surface area (Å²) >= 11 is 0. The molecule has 0 unspecified atom stereocenters. The van der Waals surface area contributed by atoms with Crippen LogP contribution in [-0.2, 0) is 4.79 Å². The Bertz CT molecular complexity index is 294. The summed E-state index contributed by atoms with van der Waals surface area (Å²) in [6.45, 7) is 15.2. The zero-order chi connectivity index (χ0) is 14.4. The van der Waals surface area contributed by atoms with E-state index in [0.717, 1.165) is 39.3 Å². The minimum Gasteiger partial charge on any atom is -0.340 e. The summed E-state index contributed by atoms with van der Waals surface area (Å²) in [7, 11) is 0. The zero-order valence-electron chi connectivity index (χ0n) is 13.2. The van der Waals surface area contributed by atoms with Crippen molar-refractivity contribution in [3.63, 3.8) is 0 Å². The lowest BCUT2D eigenvalue weighted by Crippen LogP contribution is -2.54. The summed E-state index contributed by atoms with van der Waals surface area (Å²) in [5, 5.41) is 0. The third-order valence-electron chi connectivity index (χ3n) is 4.50. The summed E-state index contributed by atoms with van der Waals surface area (Å²) in [5.41, 5.74) is 0. The van der Waals surface area contributed by atoms with E-state index in [-0.39, 0.29) is 0 Å². The van der Waals surface area contributed by atoms with E-state index < -0.39 is 0 Å². The monoisotopic (exact) mass is 282 g/mol. The predicted molar refractivity (Wildman–Crippen MR) is 81.6 cm³/mol. The van der Waals surface area contributed by atoms with Gasteiger partial charge in [-0.1, -0.05) is 13.8 Å². The minimum atomic E-state index is 0.337. The molecule has 20 heavy (non-hydrogen) atoms. The van der Waals surface area contributed by atoms with Crippen LogP contribution in [0.15, 0.2) is 0 Å². The van der Waals surface area contributed by atoms with Crippen LogP contribution in [0.3, 0.4) is 0 Å². The lowest BCUT2D eigenvalue weighted by molar-refractivity contribution is -0.133. The van der Waals surface area contributed by atoms with Gasteiger partial charge in [-0.25, -0.2) is 0 Å². The highest BCUT2D eigenvalue weighted by atomic mass is 16.2. The Morgan fingerprint density at radius 2 is 1.30 bits per heavy atom. The number of rotatable bonds is 5. The molecule has 0 saturated carbocycles. The third-order valence-corrected chi connectivity index (χ3v) is 4.50. The van der Waals surface area contributed by atoms with Crippen LogP contribution in [0.25, 0.3) is 0 Å². The molecular formula is C15H30N4O. The fourth-order valence-corrected chi connectivity index (χ4v) is 3.04. The Hall–Kier alpha value is -0.650. The van der Waals surface area contributed by atoms with E-state index in [9.17, 15) is 4.79 Å². The van der Waals surface area contributed by atoms with E-state index in [0.29, 0.717) is 12.3 Å². The van der Waals surface area contributed by atoms with Crippen LogP contribution >= 0.6 is 0 Å². The van der Waals surface area contributed by atoms with Crippen molar-refractivity contribution in [2.24, 2.45) is 0 Å². The van der Waals surface area contributed by atoms with E-state index in [1.165, 1.54) is 32.7 Å². The van der Waals surface area contributed by atoms with E-state index in [1.807, 2.05) is 4.90 Å². The number of nitrogens with zero attached hydrogens (tertiary/aromatic N) is 4. The fraction of sp³-hybridized carbons (Fsp3) is 0.933. The number of piperazine rings is 2. The Labute approximate surface area is 123 Å². The van der Waals surface area contributed by atoms with Crippen molar-refractivity contribution >= 4 is 5.91 Å². The van der Waals surface area contributed by atoms with E-state index in [4.69, 9.17) is 0 Å². The second kappa shape index (κ2) is 7.96. The van der Waals surface area contributed by atoms with Crippen molar-refractivity contribution in [2.75, 3.05) is 65.6 Å². The first-order valence-corrected chi connectivity index (χ1v) is 8.17. The molecule has 116 valence electrons. The number of amides is 1. The van der Waals surface area contributed by atoms with Gasteiger partial charge in [-0.15, -0.1) is 0 Å². The van der Waals surface area contributed by atoms with Crippen LogP contribution in [0, 0.1) is 0 Å². The van der Waals surface area contributed by atoms with Gasteiger partial charge in [0.25, 0.3) is 0 Å². The number of carbonyl (C=O) groups is 1. The molecule has 0 atom stereocenters. The first-order valence-electron chi connectivity index (χ1n) is 8.17. The highest BCUT2D eigenvalue weighted by Crippen LogP contribution is 2.08. The maximum Gasteiger partial charge on any atom is 0.222 e. The lowest BCUT2D eigenvalue weighted by atomic mass is 10.2. The topological polar surface area (TPSA) is 30.0 Å². The molecule has 2 saturated heterocycles. The van der Waals surface area contributed by atoms with Gasteiger partial charge in [-0.2, -0.15) is 0 Å². The lowest BCUT2D eigenvalue weighted by Gasteiger charge is -2.40. The Morgan fingerprint density at radius 1 is 0.800 bits per heavy atom. The molecular weight excluding hydrogens is 252 g/mol. The van der Waals surface area contributed by atoms with Gasteiger partial charge in [-0.3, -0.25) is 14.6 Å². The van der Waals surface area contributed by atoms with Crippen LogP contribution in [0.5, 0.6) is 0 Å². The van der Waals surface area contributed by atoms with Gasteiger partial charge in [-0.05, 0) is 13.0 Å². The quantitative estimate of drug-likeness (QED) is 0.736. The van der Waals surface area contributed by atoms with Crippen molar-refractivity contribution in [1.82, 2.24) is 19.6 Å². The number of hydrogen-bond acceptors (Lipinski definition) is 4. The molecule has 2 fully saturated rings. The fourth-order valence-electron chi connectivity index (χ4n) is 3.04. The minimum absolute atomic E-state index is 0.337. The number of hydrogen-bond donors (Lipinski definition) is 0. The summed E-state index contributed by atoms with van der Waals surface area (Å²) in [5.74, 6) is 0.337. The molecule has 0 aromatic heterocycles. The average Bonchev–Trinajstić information content (AvgIpc) is 2.49. The van der Waals surface area contributed by atoms with Gasteiger partial charge in [0.15, 0.2) is 0 Å². The van der Waals surface area contributed by atoms with Crippen LogP contribution in [0.2, 0.25) is 0 Å². The highest BCUT2D eigenvalue weighted by Gasteiger charge is 2.23. The van der Waals surface area contributed by atoms with Crippen LogP contribution in [-0.4, -0.2) is 91.1 Å². The van der Waals surface area contributed by atoms with E-state index in [2.05, 4.69) is 28.5 Å². The molecule has 2 heterocycles. The SMILES string of the molecule is CCCC(=O)N1CCN(CN2CCN(CC)CC2)CC1. The molecule has 0 N–H and O–H groups in total. The molecule has 0 aromatic carbocycles. The second-order valence-electron chi connectivity index (χ2n) is 5.94. The van der Waals surface area contributed by atoms with Gasteiger partial charge >= 0.3 is 0 Å². The van der Waals surface area contributed by atoms with Gasteiger partial charge in [0.2, 0.25) is 5.91 Å². The normalized spacial score (nSPS) is 23.2. The number of carbonyl (C=O) groups excluding carboxylic acids is 1. The molecule has 2 rings (SSSR count). The second-order valence-corrected chi connectivity index (χ2v) is 5.94. The molecule has 0 aromatic rings. The molecule has 5 heteroatoms. The predicted octanol–water partition coefficient (Wildman–Crippen LogP) is 0.526. The first kappa shape index (κ1) is 15.7. The molecule has 0 bridgehead atoms. The van der Waals surface area contributed by atoms with Crippen molar-refractivity contribution in [3.8, 4) is 0 Å². The largest absolute Gasteiger partial charge is 0.340 e. The first-order chi connectivity index (χ1) is 9.72. The van der Waals surface area contributed by atoms with Gasteiger partial charge < -0.3 is 9.80 Å². The maximum absolute atomic E-state index is 11.9. The van der Waals surface area contributed by atoms with Crippen molar-refractivity contribution < 1.29 is 4.79 Å². The number of likely N-dealkylation sites (N-methyl/N-ethyl adjacent to an activating group) is 1. The standard InChI is InChI=1S/C15H30N4O/c1-3-5-15(20)19-12-10-18(11-13-19)14-17-8-6-16(4-2)7-9-17/h3-14H2,1-2H3. The van der Waals surface area contributed by atoms with Crippen LogP contribution in [0.1, 0.15) is 26.7 Å². The van der Waals surface area contributed by atoms with Crippen molar-refractivity contribution in [2.45, 2.75) is 26.7 Å². The van der Waals surface area contributed by atoms with E-state index in [1.54, 1.807) is 0 Å². The summed E-state index contributed by atoms with van der Waals surface area (Å²) in [4.78, 5) is 21.5. The average molecular weight is 282 g/mol. The smallest absolute Gasteiger partial charge is 0.222 e.